The SMILES string of the molecule is CC(C)[Si]1(C(C)C)OC[C@@H]2O[C@H](n3ccc(=O)[nH]c3=O)/C(=C/C=O)[C@@H]2O[Si](C(C)C)(C(C)C)O1. The Hall–Kier alpha value is -1.64. The molecule has 0 unspecified atom stereocenters. The number of fused-ring (bicyclic) bond motifs is 1. The van der Waals surface area contributed by atoms with Gasteiger partial charge in [-0.2, -0.15) is 0 Å². The molecule has 0 aromatic carbocycles. The van der Waals surface area contributed by atoms with E-state index in [4.69, 9.17) is 17.7 Å². The van der Waals surface area contributed by atoms with Crippen LogP contribution in [-0.2, 0) is 22.5 Å². The number of allylic oxidation sites excluding steroid dienone is 1. The Morgan fingerprint density at radius 3 is 2.09 bits per heavy atom. The summed E-state index contributed by atoms with van der Waals surface area (Å²) < 4.78 is 28.5. The van der Waals surface area contributed by atoms with Crippen molar-refractivity contribution in [2.75, 3.05) is 6.61 Å². The van der Waals surface area contributed by atoms with E-state index < -0.39 is 46.8 Å². The second-order valence-electron chi connectivity index (χ2n) is 10.4. The Balaban J connectivity index is 2.18. The Bertz CT molecular complexity index is 1010. The normalized spacial score (nSPS) is 27.9. The van der Waals surface area contributed by atoms with E-state index in [0.29, 0.717) is 11.9 Å². The Kier molecular flexibility index (Phi) is 8.05. The molecule has 1 N–H and O–H groups in total. The minimum absolute atomic E-state index is 0.103. The highest BCUT2D eigenvalue weighted by molar-refractivity contribution is 6.84. The van der Waals surface area contributed by atoms with Gasteiger partial charge < -0.3 is 17.7 Å². The molecule has 3 heterocycles. The molecule has 0 bridgehead atoms. The minimum atomic E-state index is -2.94. The molecule has 2 fully saturated rings. The van der Waals surface area contributed by atoms with Crippen LogP contribution in [0, 0.1) is 0 Å². The Morgan fingerprint density at radius 2 is 1.59 bits per heavy atom. The first-order chi connectivity index (χ1) is 15.9. The van der Waals surface area contributed by atoms with Crippen molar-refractivity contribution in [1.29, 1.82) is 0 Å². The molecule has 0 saturated carbocycles. The van der Waals surface area contributed by atoms with E-state index in [9.17, 15) is 14.4 Å². The van der Waals surface area contributed by atoms with Gasteiger partial charge in [-0.1, -0.05) is 55.4 Å². The second-order valence-corrected chi connectivity index (χ2v) is 19.2. The van der Waals surface area contributed by atoms with E-state index in [1.165, 1.54) is 22.9 Å². The van der Waals surface area contributed by atoms with Gasteiger partial charge in [-0.05, 0) is 28.2 Å². The largest absolute Gasteiger partial charge is 0.414 e. The Labute approximate surface area is 203 Å². The Morgan fingerprint density at radius 1 is 1.00 bits per heavy atom. The first kappa shape index (κ1) is 27.0. The summed E-state index contributed by atoms with van der Waals surface area (Å²) in [6, 6.07) is 1.25. The van der Waals surface area contributed by atoms with Crippen LogP contribution in [0.4, 0.5) is 0 Å². The van der Waals surface area contributed by atoms with E-state index in [0.717, 1.165) is 0 Å². The number of carbonyl (C=O) groups is 1. The molecule has 34 heavy (non-hydrogen) atoms. The average molecular weight is 511 g/mol. The fourth-order valence-electron chi connectivity index (χ4n) is 5.16. The van der Waals surface area contributed by atoms with E-state index >= 15 is 0 Å². The molecule has 3 rings (SSSR count). The van der Waals surface area contributed by atoms with Crippen LogP contribution in [0.5, 0.6) is 0 Å². The predicted octanol–water partition coefficient (Wildman–Crippen LogP) is 3.52. The van der Waals surface area contributed by atoms with Crippen molar-refractivity contribution in [3.05, 3.63) is 44.8 Å². The van der Waals surface area contributed by atoms with Crippen molar-refractivity contribution in [2.45, 2.75) is 96.0 Å². The number of aromatic nitrogens is 2. The van der Waals surface area contributed by atoms with Gasteiger partial charge in [0, 0.05) is 17.8 Å². The number of nitrogens with one attached hydrogen (secondary N) is 1. The van der Waals surface area contributed by atoms with Crippen molar-refractivity contribution < 1.29 is 22.5 Å². The molecule has 1 aromatic heterocycles. The van der Waals surface area contributed by atoms with Crippen molar-refractivity contribution in [2.24, 2.45) is 0 Å². The number of hydrogen-bond donors (Lipinski definition) is 1. The number of carbonyl (C=O) groups excluding carboxylic acids is 1. The number of aldehydes is 1. The number of aromatic amines is 1. The van der Waals surface area contributed by atoms with E-state index in [2.05, 4.69) is 60.4 Å². The highest BCUT2D eigenvalue weighted by Gasteiger charge is 2.60. The molecular formula is C23H38N2O7Si2. The molecule has 2 aliphatic heterocycles. The summed E-state index contributed by atoms with van der Waals surface area (Å²) in [6.07, 6.45) is 1.39. The molecule has 0 aliphatic carbocycles. The zero-order valence-electron chi connectivity index (χ0n) is 21.4. The molecule has 9 nitrogen and oxygen atoms in total. The van der Waals surface area contributed by atoms with Crippen LogP contribution in [-0.4, -0.2) is 51.8 Å². The van der Waals surface area contributed by atoms with Crippen LogP contribution in [0.3, 0.4) is 0 Å². The smallest absolute Gasteiger partial charge is 0.335 e. The summed E-state index contributed by atoms with van der Waals surface area (Å²) in [4.78, 5) is 38.1. The molecule has 11 heteroatoms. The third-order valence-corrected chi connectivity index (χ3v) is 17.2. The summed E-state index contributed by atoms with van der Waals surface area (Å²) in [6.45, 7) is 17.2. The van der Waals surface area contributed by atoms with E-state index in [-0.39, 0.29) is 28.8 Å². The maximum Gasteiger partial charge on any atom is 0.335 e. The van der Waals surface area contributed by atoms with Crippen LogP contribution in [0.1, 0.15) is 61.6 Å². The van der Waals surface area contributed by atoms with Crippen LogP contribution < -0.4 is 11.2 Å². The van der Waals surface area contributed by atoms with Gasteiger partial charge in [0.15, 0.2) is 6.23 Å². The molecular weight excluding hydrogens is 472 g/mol. The topological polar surface area (TPSA) is 109 Å². The van der Waals surface area contributed by atoms with Crippen LogP contribution in [0.2, 0.25) is 22.2 Å². The van der Waals surface area contributed by atoms with Gasteiger partial charge in [-0.15, -0.1) is 0 Å². The predicted molar refractivity (Wildman–Crippen MR) is 133 cm³/mol. The molecule has 0 spiro atoms. The third kappa shape index (κ3) is 4.61. The molecule has 2 aliphatic rings. The van der Waals surface area contributed by atoms with Gasteiger partial charge in [0.05, 0.1) is 6.61 Å². The van der Waals surface area contributed by atoms with Gasteiger partial charge in [-0.25, -0.2) is 4.79 Å². The number of H-pyrrole nitrogens is 1. The fraction of sp³-hybridized carbons (Fsp3) is 0.696. The number of nitrogens with zero attached hydrogens (tertiary/aromatic N) is 1. The molecule has 2 saturated heterocycles. The second kappa shape index (κ2) is 10.2. The highest BCUT2D eigenvalue weighted by atomic mass is 28.5. The number of rotatable bonds is 6. The van der Waals surface area contributed by atoms with Gasteiger partial charge in [0.25, 0.3) is 5.56 Å². The van der Waals surface area contributed by atoms with Crippen LogP contribution in [0.25, 0.3) is 0 Å². The van der Waals surface area contributed by atoms with Crippen LogP contribution >= 0.6 is 0 Å². The molecule has 0 radical (unpaired) electrons. The standard InChI is InChI=1S/C23H38N2O7Si2/c1-14(2)33(15(3)4)29-13-19-21(31-34(32-33,16(5)6)17(7)8)18(10-12-26)22(30-19)25-11-9-20(27)24-23(25)28/h9-12,14-17,19,21-22H,13H2,1-8H3,(H,24,27,28)/b18-10+/t19-,21-,22-/m0/s1. The average Bonchev–Trinajstić information content (AvgIpc) is 3.04. The first-order valence-corrected chi connectivity index (χ1v) is 16.0. The summed E-state index contributed by atoms with van der Waals surface area (Å²) in [5.41, 5.74) is -0.0390. The minimum Gasteiger partial charge on any atom is -0.414 e. The van der Waals surface area contributed by atoms with Gasteiger partial charge in [-0.3, -0.25) is 19.1 Å². The maximum atomic E-state index is 12.6. The third-order valence-electron chi connectivity index (χ3n) is 6.94. The monoisotopic (exact) mass is 510 g/mol. The lowest BCUT2D eigenvalue weighted by atomic mass is 10.1. The summed E-state index contributed by atoms with van der Waals surface area (Å²) >= 11 is 0. The number of ether oxygens (including phenoxy) is 1. The van der Waals surface area contributed by atoms with Gasteiger partial charge in [0.2, 0.25) is 0 Å². The quantitative estimate of drug-likeness (QED) is 0.354. The number of hydrogen-bond acceptors (Lipinski definition) is 7. The van der Waals surface area contributed by atoms with Gasteiger partial charge >= 0.3 is 22.8 Å². The molecule has 0 amide bonds. The lowest BCUT2D eigenvalue weighted by molar-refractivity contribution is -0.104. The lowest BCUT2D eigenvalue weighted by Crippen LogP contribution is -2.65. The highest BCUT2D eigenvalue weighted by Crippen LogP contribution is 2.49. The zero-order valence-corrected chi connectivity index (χ0v) is 23.4. The lowest BCUT2D eigenvalue weighted by Gasteiger charge is -2.51. The summed E-state index contributed by atoms with van der Waals surface area (Å²) in [5.74, 6) is 0. The van der Waals surface area contributed by atoms with Gasteiger partial charge in [0.1, 0.15) is 18.5 Å². The van der Waals surface area contributed by atoms with Crippen molar-refractivity contribution in [1.82, 2.24) is 9.55 Å². The van der Waals surface area contributed by atoms with Crippen molar-refractivity contribution in [3.63, 3.8) is 0 Å². The van der Waals surface area contributed by atoms with Crippen molar-refractivity contribution >= 4 is 23.4 Å². The maximum absolute atomic E-state index is 12.6. The van der Waals surface area contributed by atoms with E-state index in [1.807, 2.05) is 0 Å². The van der Waals surface area contributed by atoms with Crippen LogP contribution in [0.15, 0.2) is 33.5 Å². The fourth-order valence-corrected chi connectivity index (χ4v) is 16.3. The zero-order chi connectivity index (χ0) is 25.4. The summed E-state index contributed by atoms with van der Waals surface area (Å²) in [5, 5.41) is 0. The first-order valence-electron chi connectivity index (χ1n) is 12.0. The van der Waals surface area contributed by atoms with Crippen molar-refractivity contribution in [3.8, 4) is 0 Å². The molecule has 1 aromatic rings. The summed E-state index contributed by atoms with van der Waals surface area (Å²) in [7, 11) is -5.69. The van der Waals surface area contributed by atoms with E-state index in [1.54, 1.807) is 0 Å². The molecule has 190 valence electrons. The molecule has 3 atom stereocenters.